The highest BCUT2D eigenvalue weighted by molar-refractivity contribution is 6.33. The van der Waals surface area contributed by atoms with Crippen LogP contribution in [0.15, 0.2) is 18.2 Å². The summed E-state index contributed by atoms with van der Waals surface area (Å²) < 4.78 is 0. The SMILES string of the molecule is O=Cc1ccc(CCl)cc1Cl. The van der Waals surface area contributed by atoms with Crippen LogP contribution >= 0.6 is 23.2 Å². The molecule has 0 aliphatic heterocycles. The Balaban J connectivity index is 3.09. The summed E-state index contributed by atoms with van der Waals surface area (Å²) in [7, 11) is 0. The van der Waals surface area contributed by atoms with Crippen LogP contribution in [-0.2, 0) is 5.88 Å². The highest BCUT2D eigenvalue weighted by Gasteiger charge is 1.98. The lowest BCUT2D eigenvalue weighted by Gasteiger charge is -1.97. The summed E-state index contributed by atoms with van der Waals surface area (Å²) in [4.78, 5) is 10.3. The van der Waals surface area contributed by atoms with Gasteiger partial charge in [-0.25, -0.2) is 0 Å². The van der Waals surface area contributed by atoms with Crippen LogP contribution in [0.4, 0.5) is 0 Å². The van der Waals surface area contributed by atoms with Crippen LogP contribution in [0.25, 0.3) is 0 Å². The van der Waals surface area contributed by atoms with E-state index in [0.29, 0.717) is 16.5 Å². The molecular formula is C8H6Cl2O. The third-order valence-corrected chi connectivity index (χ3v) is 1.98. The standard InChI is InChI=1S/C8H6Cl2O/c9-4-6-1-2-7(5-11)8(10)3-6/h1-3,5H,4H2. The maximum atomic E-state index is 10.3. The summed E-state index contributed by atoms with van der Waals surface area (Å²) >= 11 is 11.3. The molecule has 0 N–H and O–H groups in total. The summed E-state index contributed by atoms with van der Waals surface area (Å²) in [5.74, 6) is 0.416. The van der Waals surface area contributed by atoms with Gasteiger partial charge in [0.1, 0.15) is 0 Å². The van der Waals surface area contributed by atoms with Crippen molar-refractivity contribution in [2.45, 2.75) is 5.88 Å². The Bertz CT molecular complexity index is 271. The van der Waals surface area contributed by atoms with E-state index >= 15 is 0 Å². The number of carbonyl (C=O) groups excluding carboxylic acids is 1. The van der Waals surface area contributed by atoms with Gasteiger partial charge in [-0.15, -0.1) is 11.6 Å². The molecule has 11 heavy (non-hydrogen) atoms. The molecule has 0 radical (unpaired) electrons. The Morgan fingerprint density at radius 2 is 2.18 bits per heavy atom. The van der Waals surface area contributed by atoms with Gasteiger partial charge in [0.25, 0.3) is 0 Å². The van der Waals surface area contributed by atoms with Gasteiger partial charge >= 0.3 is 0 Å². The number of hydrogen-bond donors (Lipinski definition) is 0. The maximum absolute atomic E-state index is 10.3. The van der Waals surface area contributed by atoms with Crippen molar-refractivity contribution < 1.29 is 4.79 Å². The van der Waals surface area contributed by atoms with E-state index in [-0.39, 0.29) is 0 Å². The van der Waals surface area contributed by atoms with Crippen molar-refractivity contribution in [3.8, 4) is 0 Å². The van der Waals surface area contributed by atoms with Gasteiger partial charge in [-0.05, 0) is 17.7 Å². The van der Waals surface area contributed by atoms with Crippen LogP contribution < -0.4 is 0 Å². The Labute approximate surface area is 74.9 Å². The van der Waals surface area contributed by atoms with Gasteiger partial charge in [-0.3, -0.25) is 4.79 Å². The second-order valence-electron chi connectivity index (χ2n) is 2.11. The first-order valence-corrected chi connectivity index (χ1v) is 3.98. The second-order valence-corrected chi connectivity index (χ2v) is 2.78. The molecule has 0 unspecified atom stereocenters. The average Bonchev–Trinajstić information content (AvgIpc) is 2.04. The monoisotopic (exact) mass is 188 g/mol. The molecule has 1 rings (SSSR count). The number of benzene rings is 1. The highest BCUT2D eigenvalue weighted by Crippen LogP contribution is 2.16. The summed E-state index contributed by atoms with van der Waals surface area (Å²) in [6.07, 6.45) is 0.723. The zero-order valence-corrected chi connectivity index (χ0v) is 7.19. The van der Waals surface area contributed by atoms with Crippen LogP contribution in [0.1, 0.15) is 15.9 Å². The lowest BCUT2D eigenvalue weighted by molar-refractivity contribution is 0.112. The first-order valence-electron chi connectivity index (χ1n) is 3.07. The fourth-order valence-corrected chi connectivity index (χ4v) is 1.16. The summed E-state index contributed by atoms with van der Waals surface area (Å²) in [6, 6.07) is 5.13. The zero-order chi connectivity index (χ0) is 8.27. The summed E-state index contributed by atoms with van der Waals surface area (Å²) in [6.45, 7) is 0. The van der Waals surface area contributed by atoms with Crippen LogP contribution in [-0.4, -0.2) is 6.29 Å². The smallest absolute Gasteiger partial charge is 0.151 e. The van der Waals surface area contributed by atoms with Crippen molar-refractivity contribution in [3.05, 3.63) is 34.3 Å². The zero-order valence-electron chi connectivity index (χ0n) is 5.68. The van der Waals surface area contributed by atoms with Gasteiger partial charge in [0, 0.05) is 11.4 Å². The second kappa shape index (κ2) is 3.74. The van der Waals surface area contributed by atoms with E-state index in [1.807, 2.05) is 0 Å². The van der Waals surface area contributed by atoms with Crippen molar-refractivity contribution in [1.29, 1.82) is 0 Å². The lowest BCUT2D eigenvalue weighted by Crippen LogP contribution is -1.84. The van der Waals surface area contributed by atoms with E-state index < -0.39 is 0 Å². The molecule has 0 spiro atoms. The normalized spacial score (nSPS) is 9.64. The van der Waals surface area contributed by atoms with Crippen molar-refractivity contribution in [1.82, 2.24) is 0 Å². The van der Waals surface area contributed by atoms with Gasteiger partial charge in [0.05, 0.1) is 5.02 Å². The molecule has 0 atom stereocenters. The van der Waals surface area contributed by atoms with Crippen molar-refractivity contribution >= 4 is 29.5 Å². The third-order valence-electron chi connectivity index (χ3n) is 1.35. The van der Waals surface area contributed by atoms with Crippen molar-refractivity contribution in [2.24, 2.45) is 0 Å². The van der Waals surface area contributed by atoms with Gasteiger partial charge in [-0.1, -0.05) is 17.7 Å². The fraction of sp³-hybridized carbons (Fsp3) is 0.125. The van der Waals surface area contributed by atoms with Gasteiger partial charge in [0.15, 0.2) is 6.29 Å². The first-order chi connectivity index (χ1) is 5.27. The predicted molar refractivity (Wildman–Crippen MR) is 46.4 cm³/mol. The molecule has 1 nitrogen and oxygen atoms in total. The van der Waals surface area contributed by atoms with Crippen LogP contribution in [0.5, 0.6) is 0 Å². The molecule has 58 valence electrons. The van der Waals surface area contributed by atoms with Crippen molar-refractivity contribution in [2.75, 3.05) is 0 Å². The fourth-order valence-electron chi connectivity index (χ4n) is 0.749. The molecule has 0 saturated carbocycles. The Morgan fingerprint density at radius 1 is 1.45 bits per heavy atom. The Hall–Kier alpha value is -0.530. The average molecular weight is 189 g/mol. The molecule has 1 aromatic carbocycles. The Kier molecular flexibility index (Phi) is 2.92. The van der Waals surface area contributed by atoms with E-state index in [4.69, 9.17) is 23.2 Å². The van der Waals surface area contributed by atoms with E-state index in [9.17, 15) is 4.79 Å². The first kappa shape index (κ1) is 8.57. The van der Waals surface area contributed by atoms with E-state index in [2.05, 4.69) is 0 Å². The van der Waals surface area contributed by atoms with E-state index in [1.54, 1.807) is 18.2 Å². The number of alkyl halides is 1. The van der Waals surface area contributed by atoms with E-state index in [0.717, 1.165) is 11.8 Å². The van der Waals surface area contributed by atoms with E-state index in [1.165, 1.54) is 0 Å². The molecule has 0 saturated heterocycles. The largest absolute Gasteiger partial charge is 0.298 e. The van der Waals surface area contributed by atoms with Crippen LogP contribution in [0.2, 0.25) is 5.02 Å². The number of hydrogen-bond acceptors (Lipinski definition) is 1. The number of halogens is 2. The minimum atomic E-state index is 0.416. The summed E-state index contributed by atoms with van der Waals surface area (Å²) in [5.41, 5.74) is 1.42. The minimum absolute atomic E-state index is 0.416. The number of aldehydes is 1. The quantitative estimate of drug-likeness (QED) is 0.516. The van der Waals surface area contributed by atoms with Crippen LogP contribution in [0, 0.1) is 0 Å². The number of carbonyl (C=O) groups is 1. The molecule has 0 heterocycles. The minimum Gasteiger partial charge on any atom is -0.298 e. The predicted octanol–water partition coefficient (Wildman–Crippen LogP) is 2.89. The molecule has 1 aromatic rings. The molecular weight excluding hydrogens is 183 g/mol. The van der Waals surface area contributed by atoms with Crippen molar-refractivity contribution in [3.63, 3.8) is 0 Å². The molecule has 0 aliphatic carbocycles. The van der Waals surface area contributed by atoms with Gasteiger partial charge in [0.2, 0.25) is 0 Å². The lowest BCUT2D eigenvalue weighted by atomic mass is 10.2. The molecule has 0 amide bonds. The third kappa shape index (κ3) is 1.95. The molecule has 0 bridgehead atoms. The Morgan fingerprint density at radius 3 is 2.64 bits per heavy atom. The molecule has 0 aromatic heterocycles. The van der Waals surface area contributed by atoms with Crippen LogP contribution in [0.3, 0.4) is 0 Å². The maximum Gasteiger partial charge on any atom is 0.151 e. The molecule has 0 fully saturated rings. The molecule has 3 heteroatoms. The van der Waals surface area contributed by atoms with Gasteiger partial charge in [-0.2, -0.15) is 0 Å². The molecule has 0 aliphatic rings. The highest BCUT2D eigenvalue weighted by atomic mass is 35.5. The number of rotatable bonds is 2. The van der Waals surface area contributed by atoms with Gasteiger partial charge < -0.3 is 0 Å². The topological polar surface area (TPSA) is 17.1 Å². The summed E-state index contributed by atoms with van der Waals surface area (Å²) in [5, 5.41) is 0.457.